The summed E-state index contributed by atoms with van der Waals surface area (Å²) in [6.07, 6.45) is 5.13. The molecule has 5 heteroatoms. The summed E-state index contributed by atoms with van der Waals surface area (Å²) in [4.78, 5) is 19.2. The van der Waals surface area contributed by atoms with Crippen LogP contribution in [-0.2, 0) is 4.79 Å². The van der Waals surface area contributed by atoms with Crippen LogP contribution in [0.25, 0.3) is 0 Å². The second-order valence-electron chi connectivity index (χ2n) is 6.83. The number of hydrogen-bond donors (Lipinski definition) is 0. The number of hydrogen-bond acceptors (Lipinski definition) is 3. The third kappa shape index (κ3) is 4.76. The van der Waals surface area contributed by atoms with Crippen LogP contribution in [0.1, 0.15) is 49.9 Å². The Kier molecular flexibility index (Phi) is 6.15. The molecule has 3 rings (SSSR count). The summed E-state index contributed by atoms with van der Waals surface area (Å²) in [5.41, 5.74) is 1.94. The lowest BCUT2D eigenvalue weighted by atomic mass is 10.1. The molecule has 1 aromatic carbocycles. The minimum absolute atomic E-state index is 0.0102. The molecule has 26 heavy (non-hydrogen) atoms. The Bertz CT molecular complexity index is 747. The van der Waals surface area contributed by atoms with E-state index < -0.39 is 0 Å². The van der Waals surface area contributed by atoms with E-state index >= 15 is 0 Å². The van der Waals surface area contributed by atoms with Gasteiger partial charge in [-0.1, -0.05) is 17.7 Å². The maximum absolute atomic E-state index is 12.8. The number of pyridine rings is 1. The molecule has 1 aliphatic rings. The molecule has 1 fully saturated rings. The first-order valence-corrected chi connectivity index (χ1v) is 9.55. The number of nitrogens with zero attached hydrogens (tertiary/aromatic N) is 2. The van der Waals surface area contributed by atoms with Crippen LogP contribution in [-0.4, -0.2) is 28.4 Å². The number of rotatable bonds is 8. The summed E-state index contributed by atoms with van der Waals surface area (Å²) >= 11 is 6.02. The molecule has 0 bridgehead atoms. The lowest BCUT2D eigenvalue weighted by Crippen LogP contribution is -2.36. The molecule has 138 valence electrons. The first kappa shape index (κ1) is 18.7. The average Bonchev–Trinajstić information content (AvgIpc) is 3.47. The van der Waals surface area contributed by atoms with E-state index in [1.807, 2.05) is 48.2 Å². The van der Waals surface area contributed by atoms with Gasteiger partial charge in [0.2, 0.25) is 5.91 Å². The minimum Gasteiger partial charge on any atom is -0.494 e. The standard InChI is InChI=1S/C21H25ClN2O2/c1-15-14-18(10-11-19(15)22)26-13-5-7-21(25)24(17-8-9-17)16(2)20-6-3-4-12-23-20/h3-4,6,10-12,14,16-17H,5,7-9,13H2,1-2H3. The van der Waals surface area contributed by atoms with Gasteiger partial charge in [-0.3, -0.25) is 9.78 Å². The van der Waals surface area contributed by atoms with E-state index in [1.54, 1.807) is 6.20 Å². The van der Waals surface area contributed by atoms with Gasteiger partial charge in [0.25, 0.3) is 0 Å². The molecule has 1 unspecified atom stereocenters. The van der Waals surface area contributed by atoms with E-state index in [4.69, 9.17) is 16.3 Å². The molecule has 2 aromatic rings. The number of carbonyl (C=O) groups is 1. The van der Waals surface area contributed by atoms with Gasteiger partial charge in [0.1, 0.15) is 5.75 Å². The Balaban J connectivity index is 1.51. The summed E-state index contributed by atoms with van der Waals surface area (Å²) in [6, 6.07) is 11.8. The topological polar surface area (TPSA) is 42.4 Å². The van der Waals surface area contributed by atoms with E-state index in [2.05, 4.69) is 11.9 Å². The average molecular weight is 373 g/mol. The highest BCUT2D eigenvalue weighted by atomic mass is 35.5. The monoisotopic (exact) mass is 372 g/mol. The van der Waals surface area contributed by atoms with E-state index in [0.29, 0.717) is 25.5 Å². The lowest BCUT2D eigenvalue weighted by molar-refractivity contribution is -0.134. The third-order valence-electron chi connectivity index (χ3n) is 4.69. The Morgan fingerprint density at radius 1 is 1.35 bits per heavy atom. The summed E-state index contributed by atoms with van der Waals surface area (Å²) in [6.45, 7) is 4.53. The zero-order valence-corrected chi connectivity index (χ0v) is 16.1. The quantitative estimate of drug-likeness (QED) is 0.615. The maximum atomic E-state index is 12.8. The highest BCUT2D eigenvalue weighted by Gasteiger charge is 2.36. The number of ether oxygens (including phenoxy) is 1. The van der Waals surface area contributed by atoms with Crippen LogP contribution < -0.4 is 4.74 Å². The van der Waals surface area contributed by atoms with Crippen LogP contribution in [0.5, 0.6) is 5.75 Å². The summed E-state index contributed by atoms with van der Waals surface area (Å²) < 4.78 is 5.75. The second kappa shape index (κ2) is 8.54. The van der Waals surface area contributed by atoms with Crippen molar-refractivity contribution in [3.05, 3.63) is 58.9 Å². The van der Waals surface area contributed by atoms with Crippen LogP contribution >= 0.6 is 11.6 Å². The van der Waals surface area contributed by atoms with Crippen molar-refractivity contribution >= 4 is 17.5 Å². The molecule has 0 spiro atoms. The van der Waals surface area contributed by atoms with E-state index in [1.165, 1.54) is 0 Å². The van der Waals surface area contributed by atoms with Gasteiger partial charge in [-0.15, -0.1) is 0 Å². The number of carbonyl (C=O) groups excluding carboxylic acids is 1. The molecule has 0 N–H and O–H groups in total. The van der Waals surface area contributed by atoms with Gasteiger partial charge in [0.05, 0.1) is 18.3 Å². The molecule has 1 amide bonds. The lowest BCUT2D eigenvalue weighted by Gasteiger charge is -2.29. The van der Waals surface area contributed by atoms with Gasteiger partial charge in [0.15, 0.2) is 0 Å². The predicted molar refractivity (Wildman–Crippen MR) is 103 cm³/mol. The molecular weight excluding hydrogens is 348 g/mol. The number of aryl methyl sites for hydroxylation is 1. The van der Waals surface area contributed by atoms with Gasteiger partial charge < -0.3 is 9.64 Å². The molecule has 0 radical (unpaired) electrons. The second-order valence-corrected chi connectivity index (χ2v) is 7.23. The summed E-state index contributed by atoms with van der Waals surface area (Å²) in [5.74, 6) is 0.974. The van der Waals surface area contributed by atoms with Crippen molar-refractivity contribution in [1.82, 2.24) is 9.88 Å². The van der Waals surface area contributed by atoms with Gasteiger partial charge in [-0.05, 0) is 69.0 Å². The van der Waals surface area contributed by atoms with Crippen LogP contribution in [0.2, 0.25) is 5.02 Å². The van der Waals surface area contributed by atoms with Gasteiger partial charge in [0, 0.05) is 23.7 Å². The largest absolute Gasteiger partial charge is 0.494 e. The van der Waals surface area contributed by atoms with Gasteiger partial charge >= 0.3 is 0 Å². The van der Waals surface area contributed by atoms with Crippen molar-refractivity contribution in [2.24, 2.45) is 0 Å². The Hall–Kier alpha value is -2.07. The number of benzene rings is 1. The molecule has 1 aliphatic carbocycles. The maximum Gasteiger partial charge on any atom is 0.223 e. The molecule has 0 aliphatic heterocycles. The summed E-state index contributed by atoms with van der Waals surface area (Å²) in [7, 11) is 0. The van der Waals surface area contributed by atoms with E-state index in [0.717, 1.165) is 34.9 Å². The zero-order valence-electron chi connectivity index (χ0n) is 15.3. The summed E-state index contributed by atoms with van der Waals surface area (Å²) in [5, 5.41) is 0.733. The van der Waals surface area contributed by atoms with Crippen LogP contribution in [0, 0.1) is 6.92 Å². The van der Waals surface area contributed by atoms with E-state index in [-0.39, 0.29) is 11.9 Å². The first-order valence-electron chi connectivity index (χ1n) is 9.17. The minimum atomic E-state index is 0.0102. The Labute approximate surface area is 160 Å². The molecular formula is C21H25ClN2O2. The number of aromatic nitrogens is 1. The number of halogens is 1. The molecule has 1 aromatic heterocycles. The van der Waals surface area contributed by atoms with Crippen molar-refractivity contribution in [1.29, 1.82) is 0 Å². The molecule has 1 heterocycles. The predicted octanol–water partition coefficient (Wildman–Crippen LogP) is 4.95. The number of amides is 1. The fourth-order valence-electron chi connectivity index (χ4n) is 3.10. The highest BCUT2D eigenvalue weighted by molar-refractivity contribution is 6.31. The molecule has 4 nitrogen and oxygen atoms in total. The third-order valence-corrected chi connectivity index (χ3v) is 5.12. The molecule has 0 saturated heterocycles. The fourth-order valence-corrected chi connectivity index (χ4v) is 3.22. The van der Waals surface area contributed by atoms with Crippen LogP contribution in [0.4, 0.5) is 0 Å². The van der Waals surface area contributed by atoms with Crippen molar-refractivity contribution in [3.8, 4) is 5.75 Å². The van der Waals surface area contributed by atoms with E-state index in [9.17, 15) is 4.79 Å². The van der Waals surface area contributed by atoms with Crippen molar-refractivity contribution in [3.63, 3.8) is 0 Å². The van der Waals surface area contributed by atoms with Gasteiger partial charge in [-0.25, -0.2) is 0 Å². The molecule has 1 saturated carbocycles. The van der Waals surface area contributed by atoms with Gasteiger partial charge in [-0.2, -0.15) is 0 Å². The normalized spacial score (nSPS) is 14.7. The molecule has 1 atom stereocenters. The Morgan fingerprint density at radius 3 is 2.81 bits per heavy atom. The van der Waals surface area contributed by atoms with Crippen LogP contribution in [0.15, 0.2) is 42.6 Å². The Morgan fingerprint density at radius 2 is 2.15 bits per heavy atom. The highest BCUT2D eigenvalue weighted by Crippen LogP contribution is 2.34. The van der Waals surface area contributed by atoms with Crippen molar-refractivity contribution in [2.45, 2.75) is 51.6 Å². The van der Waals surface area contributed by atoms with Crippen molar-refractivity contribution in [2.75, 3.05) is 6.61 Å². The SMILES string of the molecule is Cc1cc(OCCCC(=O)N(C2CC2)C(C)c2ccccn2)ccc1Cl. The zero-order chi connectivity index (χ0) is 18.5. The fraction of sp³-hybridized carbons (Fsp3) is 0.429. The van der Waals surface area contributed by atoms with Crippen molar-refractivity contribution < 1.29 is 9.53 Å². The van der Waals surface area contributed by atoms with Crippen LogP contribution in [0.3, 0.4) is 0 Å². The smallest absolute Gasteiger partial charge is 0.223 e. The first-order chi connectivity index (χ1) is 12.6.